The standard InChI is InChI=1S/C18H17NO/c19-16-10-7-11-17(14-16)20-18(12-5-2-6-13-18)15-8-3-1-4-9-15/h1-12,14H,13,19H2. The van der Waals surface area contributed by atoms with Gasteiger partial charge in [-0.25, -0.2) is 0 Å². The number of benzene rings is 2. The molecule has 0 saturated carbocycles. The Bertz CT molecular complexity index is 645. The molecule has 0 fully saturated rings. The van der Waals surface area contributed by atoms with Crippen molar-refractivity contribution in [1.29, 1.82) is 0 Å². The first-order valence-electron chi connectivity index (χ1n) is 6.73. The van der Waals surface area contributed by atoms with Crippen molar-refractivity contribution >= 4 is 5.69 Å². The average molecular weight is 263 g/mol. The molecule has 1 atom stereocenters. The van der Waals surface area contributed by atoms with Crippen LogP contribution < -0.4 is 10.5 Å². The van der Waals surface area contributed by atoms with Gasteiger partial charge in [-0.3, -0.25) is 0 Å². The molecule has 0 heterocycles. The summed E-state index contributed by atoms with van der Waals surface area (Å²) in [6.07, 6.45) is 9.11. The van der Waals surface area contributed by atoms with Gasteiger partial charge in [-0.15, -0.1) is 0 Å². The van der Waals surface area contributed by atoms with Gasteiger partial charge >= 0.3 is 0 Å². The minimum absolute atomic E-state index is 0.455. The molecule has 0 bridgehead atoms. The van der Waals surface area contributed by atoms with E-state index in [2.05, 4.69) is 24.3 Å². The van der Waals surface area contributed by atoms with E-state index in [1.165, 1.54) is 0 Å². The maximum absolute atomic E-state index is 6.29. The van der Waals surface area contributed by atoms with Gasteiger partial charge in [-0.1, -0.05) is 54.6 Å². The minimum atomic E-state index is -0.455. The maximum Gasteiger partial charge on any atom is 0.156 e. The summed E-state index contributed by atoms with van der Waals surface area (Å²) in [4.78, 5) is 0. The zero-order chi connectivity index (χ0) is 13.8. The molecule has 1 aliphatic carbocycles. The first-order valence-corrected chi connectivity index (χ1v) is 6.73. The molecule has 0 radical (unpaired) electrons. The van der Waals surface area contributed by atoms with Crippen LogP contribution in [0, 0.1) is 0 Å². The highest BCUT2D eigenvalue weighted by Crippen LogP contribution is 2.35. The predicted molar refractivity (Wildman–Crippen MR) is 82.5 cm³/mol. The maximum atomic E-state index is 6.29. The van der Waals surface area contributed by atoms with Crippen LogP contribution in [0.2, 0.25) is 0 Å². The van der Waals surface area contributed by atoms with Crippen molar-refractivity contribution in [2.45, 2.75) is 12.0 Å². The molecule has 1 unspecified atom stereocenters. The van der Waals surface area contributed by atoms with E-state index in [4.69, 9.17) is 10.5 Å². The Balaban J connectivity index is 1.99. The Labute approximate surface area is 119 Å². The van der Waals surface area contributed by atoms with Gasteiger partial charge in [-0.2, -0.15) is 0 Å². The van der Waals surface area contributed by atoms with Crippen LogP contribution in [0.3, 0.4) is 0 Å². The van der Waals surface area contributed by atoms with Crippen molar-refractivity contribution in [3.8, 4) is 5.75 Å². The third-order valence-electron chi connectivity index (χ3n) is 3.45. The van der Waals surface area contributed by atoms with E-state index in [9.17, 15) is 0 Å². The fourth-order valence-corrected chi connectivity index (χ4v) is 2.46. The molecule has 0 amide bonds. The molecule has 1 aliphatic rings. The van der Waals surface area contributed by atoms with Gasteiger partial charge in [0, 0.05) is 18.2 Å². The van der Waals surface area contributed by atoms with Crippen LogP contribution in [-0.4, -0.2) is 0 Å². The van der Waals surface area contributed by atoms with Crippen LogP contribution in [0.25, 0.3) is 0 Å². The van der Waals surface area contributed by atoms with E-state index in [0.29, 0.717) is 5.69 Å². The Hall–Kier alpha value is -2.48. The van der Waals surface area contributed by atoms with Gasteiger partial charge in [0.2, 0.25) is 0 Å². The zero-order valence-electron chi connectivity index (χ0n) is 11.2. The van der Waals surface area contributed by atoms with Crippen molar-refractivity contribution in [2.75, 3.05) is 5.73 Å². The molecular formula is C18H17NO. The van der Waals surface area contributed by atoms with Gasteiger partial charge in [0.25, 0.3) is 0 Å². The van der Waals surface area contributed by atoms with Crippen LogP contribution in [-0.2, 0) is 5.60 Å². The molecule has 0 spiro atoms. The van der Waals surface area contributed by atoms with E-state index < -0.39 is 5.60 Å². The number of hydrogen-bond donors (Lipinski definition) is 1. The Morgan fingerprint density at radius 1 is 0.950 bits per heavy atom. The minimum Gasteiger partial charge on any atom is -0.478 e. The second-order valence-electron chi connectivity index (χ2n) is 4.92. The molecule has 2 aromatic rings. The summed E-state index contributed by atoms with van der Waals surface area (Å²) in [6.45, 7) is 0. The van der Waals surface area contributed by atoms with Gasteiger partial charge in [0.15, 0.2) is 5.60 Å². The number of hydrogen-bond acceptors (Lipinski definition) is 2. The van der Waals surface area contributed by atoms with Crippen LogP contribution in [0.5, 0.6) is 5.75 Å². The summed E-state index contributed by atoms with van der Waals surface area (Å²) in [6, 6.07) is 17.8. The summed E-state index contributed by atoms with van der Waals surface area (Å²) in [5.41, 5.74) is 7.23. The van der Waals surface area contributed by atoms with Crippen LogP contribution in [0.15, 0.2) is 78.9 Å². The highest BCUT2D eigenvalue weighted by molar-refractivity contribution is 5.45. The number of ether oxygens (including phenoxy) is 1. The highest BCUT2D eigenvalue weighted by atomic mass is 16.5. The SMILES string of the molecule is Nc1cccc(OC2(c3ccccc3)C=CC=CC2)c1. The van der Waals surface area contributed by atoms with Crippen LogP contribution in [0.4, 0.5) is 5.69 Å². The zero-order valence-corrected chi connectivity index (χ0v) is 11.2. The largest absolute Gasteiger partial charge is 0.478 e. The lowest BCUT2D eigenvalue weighted by Gasteiger charge is -2.33. The predicted octanol–water partition coefficient (Wildman–Crippen LogP) is 4.06. The fraction of sp³-hybridized carbons (Fsp3) is 0.111. The first-order chi connectivity index (χ1) is 9.78. The molecule has 0 aromatic heterocycles. The number of nitrogen functional groups attached to an aromatic ring is 1. The molecule has 2 N–H and O–H groups in total. The summed E-state index contributed by atoms with van der Waals surface area (Å²) in [7, 11) is 0. The highest BCUT2D eigenvalue weighted by Gasteiger charge is 2.31. The number of rotatable bonds is 3. The van der Waals surface area contributed by atoms with Gasteiger partial charge in [-0.05, 0) is 23.8 Å². The van der Waals surface area contributed by atoms with Crippen molar-refractivity contribution in [2.24, 2.45) is 0 Å². The average Bonchev–Trinajstić information content (AvgIpc) is 2.49. The Morgan fingerprint density at radius 2 is 1.80 bits per heavy atom. The molecule has 2 aromatic carbocycles. The quantitative estimate of drug-likeness (QED) is 0.847. The van der Waals surface area contributed by atoms with E-state index >= 15 is 0 Å². The molecule has 2 nitrogen and oxygen atoms in total. The third kappa shape index (κ3) is 2.45. The molecule has 0 saturated heterocycles. The van der Waals surface area contributed by atoms with Crippen molar-refractivity contribution in [3.63, 3.8) is 0 Å². The Kier molecular flexibility index (Phi) is 3.30. The molecule has 20 heavy (non-hydrogen) atoms. The topological polar surface area (TPSA) is 35.2 Å². The third-order valence-corrected chi connectivity index (χ3v) is 3.45. The Morgan fingerprint density at radius 3 is 2.50 bits per heavy atom. The molecule has 2 heteroatoms. The second kappa shape index (κ2) is 5.25. The molecule has 3 rings (SSSR count). The smallest absolute Gasteiger partial charge is 0.156 e. The van der Waals surface area contributed by atoms with Crippen molar-refractivity contribution < 1.29 is 4.74 Å². The molecule has 0 aliphatic heterocycles. The number of allylic oxidation sites excluding steroid dienone is 2. The van der Waals surface area contributed by atoms with Crippen LogP contribution in [0.1, 0.15) is 12.0 Å². The van der Waals surface area contributed by atoms with E-state index in [1.54, 1.807) is 0 Å². The van der Waals surface area contributed by atoms with E-state index in [1.807, 2.05) is 54.6 Å². The summed E-state index contributed by atoms with van der Waals surface area (Å²) < 4.78 is 6.29. The summed E-state index contributed by atoms with van der Waals surface area (Å²) in [5, 5.41) is 0. The summed E-state index contributed by atoms with van der Waals surface area (Å²) >= 11 is 0. The lowest BCUT2D eigenvalue weighted by atomic mass is 9.87. The lowest BCUT2D eigenvalue weighted by molar-refractivity contribution is 0.121. The second-order valence-corrected chi connectivity index (χ2v) is 4.92. The summed E-state index contributed by atoms with van der Waals surface area (Å²) in [5.74, 6) is 0.786. The van der Waals surface area contributed by atoms with Crippen LogP contribution >= 0.6 is 0 Å². The first kappa shape index (κ1) is 12.5. The lowest BCUT2D eigenvalue weighted by Crippen LogP contribution is -2.31. The van der Waals surface area contributed by atoms with Crippen molar-refractivity contribution in [1.82, 2.24) is 0 Å². The van der Waals surface area contributed by atoms with E-state index in [-0.39, 0.29) is 0 Å². The normalized spacial score (nSPS) is 20.8. The van der Waals surface area contributed by atoms with Gasteiger partial charge < -0.3 is 10.5 Å². The molecular weight excluding hydrogens is 246 g/mol. The van der Waals surface area contributed by atoms with E-state index in [0.717, 1.165) is 17.7 Å². The van der Waals surface area contributed by atoms with Gasteiger partial charge in [0.1, 0.15) is 5.75 Å². The van der Waals surface area contributed by atoms with Crippen molar-refractivity contribution in [3.05, 3.63) is 84.5 Å². The fourth-order valence-electron chi connectivity index (χ4n) is 2.46. The van der Waals surface area contributed by atoms with Gasteiger partial charge in [0.05, 0.1) is 0 Å². The molecule has 100 valence electrons. The monoisotopic (exact) mass is 263 g/mol. The number of anilines is 1. The number of nitrogens with two attached hydrogens (primary N) is 1.